The Morgan fingerprint density at radius 3 is 2.19 bits per heavy atom. The number of carboxylic acids is 1. The molecule has 0 saturated heterocycles. The van der Waals surface area contributed by atoms with Gasteiger partial charge in [0.05, 0.1) is 6.42 Å². The van der Waals surface area contributed by atoms with Gasteiger partial charge in [0.25, 0.3) is 0 Å². The van der Waals surface area contributed by atoms with Crippen molar-refractivity contribution in [3.63, 3.8) is 0 Å². The van der Waals surface area contributed by atoms with Gasteiger partial charge in [0.15, 0.2) is 0 Å². The summed E-state index contributed by atoms with van der Waals surface area (Å²) in [5.74, 6) is -0.250. The van der Waals surface area contributed by atoms with E-state index in [4.69, 9.17) is 4.74 Å². The van der Waals surface area contributed by atoms with Gasteiger partial charge >= 0.3 is 12.1 Å². The quantitative estimate of drug-likeness (QED) is 0.571. The van der Waals surface area contributed by atoms with Crippen molar-refractivity contribution in [2.75, 3.05) is 6.61 Å². The minimum Gasteiger partial charge on any atom is -0.481 e. The van der Waals surface area contributed by atoms with Crippen molar-refractivity contribution in [2.45, 2.75) is 63.3 Å². The molecule has 1 atom stereocenters. The molecule has 2 aliphatic carbocycles. The fourth-order valence-electron chi connectivity index (χ4n) is 5.16. The van der Waals surface area contributed by atoms with Gasteiger partial charge < -0.3 is 15.2 Å². The third-order valence-corrected chi connectivity index (χ3v) is 6.73. The van der Waals surface area contributed by atoms with Crippen LogP contribution in [0.15, 0.2) is 48.5 Å². The van der Waals surface area contributed by atoms with E-state index in [-0.39, 0.29) is 18.9 Å². The molecule has 0 radical (unpaired) electrons. The maximum Gasteiger partial charge on any atom is 0.407 e. The first-order chi connectivity index (χ1) is 15.1. The molecule has 4 rings (SSSR count). The molecule has 0 aliphatic heterocycles. The number of amides is 1. The van der Waals surface area contributed by atoms with Crippen LogP contribution in [0.5, 0.6) is 0 Å². The molecule has 5 nitrogen and oxygen atoms in total. The van der Waals surface area contributed by atoms with E-state index in [0.29, 0.717) is 12.3 Å². The van der Waals surface area contributed by atoms with Crippen LogP contribution in [0.2, 0.25) is 0 Å². The number of hydrogen-bond acceptors (Lipinski definition) is 3. The summed E-state index contributed by atoms with van der Waals surface area (Å²) in [5.41, 5.74) is 4.69. The predicted molar refractivity (Wildman–Crippen MR) is 120 cm³/mol. The Hall–Kier alpha value is -2.82. The van der Waals surface area contributed by atoms with Crippen molar-refractivity contribution in [3.8, 4) is 11.1 Å². The number of hydrogen-bond donors (Lipinski definition) is 2. The summed E-state index contributed by atoms with van der Waals surface area (Å²) in [5, 5.41) is 12.1. The monoisotopic (exact) mass is 421 g/mol. The SMILES string of the molecule is O=C(O)C[C@H](CCC1CCCCC1)NC(=O)OCC1c2ccccc2-c2ccccc21. The van der Waals surface area contributed by atoms with Gasteiger partial charge in [-0.05, 0) is 41.0 Å². The van der Waals surface area contributed by atoms with Crippen LogP contribution >= 0.6 is 0 Å². The van der Waals surface area contributed by atoms with Crippen LogP contribution in [0.3, 0.4) is 0 Å². The molecular weight excluding hydrogens is 390 g/mol. The van der Waals surface area contributed by atoms with Crippen molar-refractivity contribution in [1.29, 1.82) is 0 Å². The zero-order chi connectivity index (χ0) is 21.6. The Kier molecular flexibility index (Phi) is 6.90. The number of carboxylic acid groups (broad SMARTS) is 1. The molecule has 2 N–H and O–H groups in total. The van der Waals surface area contributed by atoms with Crippen LogP contribution in [-0.2, 0) is 9.53 Å². The van der Waals surface area contributed by atoms with Gasteiger partial charge in [-0.3, -0.25) is 4.79 Å². The average molecular weight is 422 g/mol. The lowest BCUT2D eigenvalue weighted by Gasteiger charge is -2.24. The summed E-state index contributed by atoms with van der Waals surface area (Å²) in [6, 6.07) is 16.0. The Morgan fingerprint density at radius 2 is 1.58 bits per heavy atom. The molecule has 0 spiro atoms. The normalized spacial score (nSPS) is 16.9. The second-order valence-corrected chi connectivity index (χ2v) is 8.85. The highest BCUT2D eigenvalue weighted by atomic mass is 16.5. The Bertz CT molecular complexity index is 874. The highest BCUT2D eigenvalue weighted by Gasteiger charge is 2.29. The number of carbonyl (C=O) groups is 2. The van der Waals surface area contributed by atoms with Crippen molar-refractivity contribution in [2.24, 2.45) is 5.92 Å². The summed E-state index contributed by atoms with van der Waals surface area (Å²) in [6.07, 6.45) is 7.28. The van der Waals surface area contributed by atoms with Gasteiger partial charge in [0.1, 0.15) is 6.61 Å². The van der Waals surface area contributed by atoms with Crippen LogP contribution < -0.4 is 5.32 Å². The first kappa shape index (κ1) is 21.4. The van der Waals surface area contributed by atoms with Crippen LogP contribution in [-0.4, -0.2) is 29.8 Å². The molecule has 0 bridgehead atoms. The van der Waals surface area contributed by atoms with Gasteiger partial charge in [-0.15, -0.1) is 0 Å². The van der Waals surface area contributed by atoms with Gasteiger partial charge in [-0.25, -0.2) is 4.79 Å². The number of benzene rings is 2. The van der Waals surface area contributed by atoms with E-state index in [1.807, 2.05) is 24.3 Å². The van der Waals surface area contributed by atoms with E-state index < -0.39 is 18.1 Å². The maximum absolute atomic E-state index is 12.5. The van der Waals surface area contributed by atoms with Crippen molar-refractivity contribution >= 4 is 12.1 Å². The molecule has 2 aromatic rings. The number of nitrogens with one attached hydrogen (secondary N) is 1. The zero-order valence-electron chi connectivity index (χ0n) is 17.9. The number of aliphatic carboxylic acids is 1. The standard InChI is InChI=1S/C26H31NO4/c28-25(29)16-19(15-14-18-8-2-1-3-9-18)27-26(30)31-17-24-22-12-6-4-10-20(22)21-11-5-7-13-23(21)24/h4-7,10-13,18-19,24H,1-3,8-9,14-17H2,(H,27,30)(H,28,29)/t19-/m0/s1. The molecule has 31 heavy (non-hydrogen) atoms. The number of carbonyl (C=O) groups excluding carboxylic acids is 1. The van der Waals surface area contributed by atoms with E-state index in [9.17, 15) is 14.7 Å². The minimum absolute atomic E-state index is 0.00156. The Labute approximate surface area is 183 Å². The summed E-state index contributed by atoms with van der Waals surface area (Å²) >= 11 is 0. The Morgan fingerprint density at radius 1 is 0.968 bits per heavy atom. The largest absolute Gasteiger partial charge is 0.481 e. The van der Waals surface area contributed by atoms with E-state index in [0.717, 1.165) is 17.5 Å². The third-order valence-electron chi connectivity index (χ3n) is 6.73. The average Bonchev–Trinajstić information content (AvgIpc) is 3.10. The highest BCUT2D eigenvalue weighted by molar-refractivity contribution is 5.79. The molecule has 164 valence electrons. The molecular formula is C26H31NO4. The van der Waals surface area contributed by atoms with Gasteiger partial charge in [-0.1, -0.05) is 80.6 Å². The molecule has 0 aromatic heterocycles. The Balaban J connectivity index is 1.35. The van der Waals surface area contributed by atoms with E-state index >= 15 is 0 Å². The lowest BCUT2D eigenvalue weighted by molar-refractivity contribution is -0.137. The lowest BCUT2D eigenvalue weighted by Crippen LogP contribution is -2.37. The van der Waals surface area contributed by atoms with E-state index in [1.54, 1.807) is 0 Å². The third kappa shape index (κ3) is 5.27. The molecule has 0 unspecified atom stereocenters. The lowest BCUT2D eigenvalue weighted by atomic mass is 9.85. The summed E-state index contributed by atoms with van der Waals surface area (Å²) in [6.45, 7) is 0.238. The van der Waals surface area contributed by atoms with Crippen molar-refractivity contribution in [3.05, 3.63) is 59.7 Å². The molecule has 1 saturated carbocycles. The number of ether oxygens (including phenoxy) is 1. The van der Waals surface area contributed by atoms with Crippen LogP contribution in [0.1, 0.15) is 68.4 Å². The van der Waals surface area contributed by atoms with Gasteiger partial charge in [0, 0.05) is 12.0 Å². The highest BCUT2D eigenvalue weighted by Crippen LogP contribution is 2.44. The number of rotatable bonds is 8. The number of alkyl carbamates (subject to hydrolysis) is 1. The summed E-state index contributed by atoms with van der Waals surface area (Å²) in [7, 11) is 0. The van der Waals surface area contributed by atoms with Crippen molar-refractivity contribution in [1.82, 2.24) is 5.32 Å². The molecule has 0 heterocycles. The fourth-order valence-corrected chi connectivity index (χ4v) is 5.16. The minimum atomic E-state index is -0.896. The summed E-state index contributed by atoms with van der Waals surface area (Å²) < 4.78 is 5.60. The smallest absolute Gasteiger partial charge is 0.407 e. The molecule has 1 fully saturated rings. The predicted octanol–water partition coefficient (Wildman–Crippen LogP) is 5.73. The van der Waals surface area contributed by atoms with Gasteiger partial charge in [0.2, 0.25) is 0 Å². The first-order valence-corrected chi connectivity index (χ1v) is 11.4. The van der Waals surface area contributed by atoms with Crippen LogP contribution in [0, 0.1) is 5.92 Å². The maximum atomic E-state index is 12.5. The molecule has 2 aliphatic rings. The van der Waals surface area contributed by atoms with Crippen molar-refractivity contribution < 1.29 is 19.4 Å². The molecule has 2 aromatic carbocycles. The second-order valence-electron chi connectivity index (χ2n) is 8.85. The second kappa shape index (κ2) is 9.99. The van der Waals surface area contributed by atoms with E-state index in [2.05, 4.69) is 29.6 Å². The topological polar surface area (TPSA) is 75.6 Å². The molecule has 1 amide bonds. The fraction of sp³-hybridized carbons (Fsp3) is 0.462. The summed E-state index contributed by atoms with van der Waals surface area (Å²) in [4.78, 5) is 23.8. The first-order valence-electron chi connectivity index (χ1n) is 11.4. The van der Waals surface area contributed by atoms with Crippen LogP contribution in [0.25, 0.3) is 11.1 Å². The van der Waals surface area contributed by atoms with Gasteiger partial charge in [-0.2, -0.15) is 0 Å². The van der Waals surface area contributed by atoms with E-state index in [1.165, 1.54) is 43.2 Å². The molecule has 5 heteroatoms. The zero-order valence-corrected chi connectivity index (χ0v) is 17.9. The number of fused-ring (bicyclic) bond motifs is 3. The van der Waals surface area contributed by atoms with Crippen LogP contribution in [0.4, 0.5) is 4.79 Å².